The van der Waals surface area contributed by atoms with Crippen molar-refractivity contribution < 1.29 is 4.79 Å². The summed E-state index contributed by atoms with van der Waals surface area (Å²) < 4.78 is 0. The van der Waals surface area contributed by atoms with Crippen LogP contribution in [0.15, 0.2) is 30.5 Å². The number of hydrogen-bond donors (Lipinski definition) is 1. The van der Waals surface area contributed by atoms with Crippen molar-refractivity contribution >= 4 is 17.5 Å². The van der Waals surface area contributed by atoms with Crippen LogP contribution in [0, 0.1) is 6.92 Å². The van der Waals surface area contributed by atoms with Gasteiger partial charge in [-0.1, -0.05) is 6.07 Å². The minimum Gasteiger partial charge on any atom is -0.334 e. The quantitative estimate of drug-likeness (QED) is 0.943. The van der Waals surface area contributed by atoms with Gasteiger partial charge >= 0.3 is 0 Å². The number of nitrogens with one attached hydrogen (secondary N) is 1. The third kappa shape index (κ3) is 3.64. The van der Waals surface area contributed by atoms with Crippen molar-refractivity contribution in [1.29, 1.82) is 0 Å². The first-order chi connectivity index (χ1) is 11.1. The molecule has 0 saturated carbocycles. The smallest absolute Gasteiger partial charge is 0.220 e. The molecule has 0 bridgehead atoms. The lowest BCUT2D eigenvalue weighted by Crippen LogP contribution is -2.37. The molecule has 0 spiro atoms. The SMILES string of the molecule is CC(=O)N1CCCCC1c1cc(Nc2ccccn2)nc(C)n1. The van der Waals surface area contributed by atoms with Gasteiger partial charge in [-0.25, -0.2) is 15.0 Å². The fourth-order valence-electron chi connectivity index (χ4n) is 3.01. The van der Waals surface area contributed by atoms with E-state index in [0.717, 1.165) is 37.3 Å². The molecule has 2 aromatic heterocycles. The molecule has 6 heteroatoms. The Morgan fingerprint density at radius 1 is 1.26 bits per heavy atom. The summed E-state index contributed by atoms with van der Waals surface area (Å²) in [5.41, 5.74) is 0.894. The number of amides is 1. The van der Waals surface area contributed by atoms with Gasteiger partial charge in [0, 0.05) is 25.7 Å². The molecule has 1 saturated heterocycles. The van der Waals surface area contributed by atoms with Gasteiger partial charge < -0.3 is 10.2 Å². The standard InChI is InChI=1S/C17H21N5O/c1-12-19-14(15-7-4-6-10-22(15)13(2)23)11-17(20-12)21-16-8-3-5-9-18-16/h3,5,8-9,11,15H,4,6-7,10H2,1-2H3,(H,18,19,20,21). The second-order valence-corrected chi connectivity index (χ2v) is 5.79. The number of aromatic nitrogens is 3. The predicted molar refractivity (Wildman–Crippen MR) is 88.3 cm³/mol. The Morgan fingerprint density at radius 3 is 2.87 bits per heavy atom. The van der Waals surface area contributed by atoms with Gasteiger partial charge in [-0.15, -0.1) is 0 Å². The second kappa shape index (κ2) is 6.73. The summed E-state index contributed by atoms with van der Waals surface area (Å²) in [6.45, 7) is 4.29. The van der Waals surface area contributed by atoms with E-state index < -0.39 is 0 Å². The van der Waals surface area contributed by atoms with Crippen LogP contribution in [0.5, 0.6) is 0 Å². The van der Waals surface area contributed by atoms with E-state index in [1.807, 2.05) is 36.1 Å². The summed E-state index contributed by atoms with van der Waals surface area (Å²) in [6, 6.07) is 7.64. The third-order valence-electron chi connectivity index (χ3n) is 4.03. The van der Waals surface area contributed by atoms with Gasteiger partial charge in [0.2, 0.25) is 5.91 Å². The Hall–Kier alpha value is -2.50. The van der Waals surface area contributed by atoms with Crippen molar-refractivity contribution in [1.82, 2.24) is 19.9 Å². The Labute approximate surface area is 136 Å². The lowest BCUT2D eigenvalue weighted by molar-refractivity contribution is -0.132. The van der Waals surface area contributed by atoms with Crippen LogP contribution in [-0.2, 0) is 4.79 Å². The van der Waals surface area contributed by atoms with Crippen molar-refractivity contribution in [3.63, 3.8) is 0 Å². The molecule has 1 aliphatic heterocycles. The average molecular weight is 311 g/mol. The molecule has 1 aliphatic rings. The van der Waals surface area contributed by atoms with Crippen molar-refractivity contribution in [3.05, 3.63) is 42.0 Å². The number of carbonyl (C=O) groups excluding carboxylic acids is 1. The highest BCUT2D eigenvalue weighted by Crippen LogP contribution is 2.31. The van der Waals surface area contributed by atoms with E-state index in [2.05, 4.69) is 20.3 Å². The third-order valence-corrected chi connectivity index (χ3v) is 4.03. The van der Waals surface area contributed by atoms with E-state index in [9.17, 15) is 4.79 Å². The first-order valence-corrected chi connectivity index (χ1v) is 7.94. The van der Waals surface area contributed by atoms with Crippen LogP contribution >= 0.6 is 0 Å². The Balaban J connectivity index is 1.89. The molecule has 0 aromatic carbocycles. The molecule has 23 heavy (non-hydrogen) atoms. The maximum atomic E-state index is 11.9. The van der Waals surface area contributed by atoms with Gasteiger partial charge in [0.15, 0.2) is 0 Å². The predicted octanol–water partition coefficient (Wildman–Crippen LogP) is 3.00. The van der Waals surface area contributed by atoms with Crippen molar-refractivity contribution in [2.24, 2.45) is 0 Å². The van der Waals surface area contributed by atoms with Gasteiger partial charge in [-0.3, -0.25) is 4.79 Å². The van der Waals surface area contributed by atoms with Gasteiger partial charge in [-0.2, -0.15) is 0 Å². The number of carbonyl (C=O) groups is 1. The molecule has 6 nitrogen and oxygen atoms in total. The van der Waals surface area contributed by atoms with Crippen LogP contribution < -0.4 is 5.32 Å². The van der Waals surface area contributed by atoms with E-state index >= 15 is 0 Å². The van der Waals surface area contributed by atoms with E-state index in [-0.39, 0.29) is 11.9 Å². The molecule has 0 radical (unpaired) electrons. The molecular weight excluding hydrogens is 290 g/mol. The number of rotatable bonds is 3. The second-order valence-electron chi connectivity index (χ2n) is 5.79. The lowest BCUT2D eigenvalue weighted by Gasteiger charge is -2.34. The first kappa shape index (κ1) is 15.4. The largest absolute Gasteiger partial charge is 0.334 e. The average Bonchev–Trinajstić information content (AvgIpc) is 2.55. The van der Waals surface area contributed by atoms with Crippen molar-refractivity contribution in [2.75, 3.05) is 11.9 Å². The number of likely N-dealkylation sites (tertiary alicyclic amines) is 1. The fourth-order valence-corrected chi connectivity index (χ4v) is 3.01. The number of aryl methyl sites for hydroxylation is 1. The highest BCUT2D eigenvalue weighted by molar-refractivity contribution is 5.74. The molecule has 1 atom stereocenters. The minimum atomic E-state index is 0.0345. The highest BCUT2D eigenvalue weighted by atomic mass is 16.2. The molecule has 3 rings (SSSR count). The number of piperidine rings is 1. The van der Waals surface area contributed by atoms with Gasteiger partial charge in [0.25, 0.3) is 0 Å². The zero-order chi connectivity index (χ0) is 16.2. The normalized spacial score (nSPS) is 17.8. The number of anilines is 2. The van der Waals surface area contributed by atoms with Crippen LogP contribution in [0.1, 0.15) is 43.7 Å². The van der Waals surface area contributed by atoms with Gasteiger partial charge in [0.05, 0.1) is 11.7 Å². The van der Waals surface area contributed by atoms with Crippen molar-refractivity contribution in [2.45, 2.75) is 39.2 Å². The summed E-state index contributed by atoms with van der Waals surface area (Å²) in [6.07, 6.45) is 4.84. The Bertz CT molecular complexity index is 689. The van der Waals surface area contributed by atoms with Gasteiger partial charge in [-0.05, 0) is 38.3 Å². The topological polar surface area (TPSA) is 71.0 Å². The molecule has 1 N–H and O–H groups in total. The van der Waals surface area contributed by atoms with E-state index in [0.29, 0.717) is 11.6 Å². The molecule has 0 aliphatic carbocycles. The highest BCUT2D eigenvalue weighted by Gasteiger charge is 2.27. The zero-order valence-electron chi connectivity index (χ0n) is 13.5. The van der Waals surface area contributed by atoms with Crippen molar-refractivity contribution in [3.8, 4) is 0 Å². The molecule has 2 aromatic rings. The van der Waals surface area contributed by atoms with Crippen LogP contribution in [0.25, 0.3) is 0 Å². The molecule has 1 unspecified atom stereocenters. The van der Waals surface area contributed by atoms with Crippen LogP contribution in [-0.4, -0.2) is 32.3 Å². The van der Waals surface area contributed by atoms with E-state index in [1.165, 1.54) is 0 Å². The fraction of sp³-hybridized carbons (Fsp3) is 0.412. The van der Waals surface area contributed by atoms with Crippen LogP contribution in [0.2, 0.25) is 0 Å². The summed E-state index contributed by atoms with van der Waals surface area (Å²) in [7, 11) is 0. The van der Waals surface area contributed by atoms with Crippen LogP contribution in [0.3, 0.4) is 0 Å². The lowest BCUT2D eigenvalue weighted by atomic mass is 9.99. The molecule has 120 valence electrons. The van der Waals surface area contributed by atoms with E-state index in [4.69, 9.17) is 0 Å². The Morgan fingerprint density at radius 2 is 2.13 bits per heavy atom. The molecule has 1 fully saturated rings. The molecular formula is C17H21N5O. The first-order valence-electron chi connectivity index (χ1n) is 7.94. The van der Waals surface area contributed by atoms with Gasteiger partial charge in [0.1, 0.15) is 17.5 Å². The summed E-state index contributed by atoms with van der Waals surface area (Å²) >= 11 is 0. The Kier molecular flexibility index (Phi) is 4.50. The van der Waals surface area contributed by atoms with Crippen LogP contribution in [0.4, 0.5) is 11.6 Å². The number of hydrogen-bond acceptors (Lipinski definition) is 5. The van der Waals surface area contributed by atoms with E-state index in [1.54, 1.807) is 13.1 Å². The molecule has 1 amide bonds. The summed E-state index contributed by atoms with van der Waals surface area (Å²) in [4.78, 5) is 27.1. The zero-order valence-corrected chi connectivity index (χ0v) is 13.5. The number of nitrogens with zero attached hydrogens (tertiary/aromatic N) is 4. The summed E-state index contributed by atoms with van der Waals surface area (Å²) in [5, 5.41) is 3.20. The maximum absolute atomic E-state index is 11.9. The summed E-state index contributed by atoms with van der Waals surface area (Å²) in [5.74, 6) is 2.24. The number of pyridine rings is 1. The molecule has 3 heterocycles. The maximum Gasteiger partial charge on any atom is 0.220 e. The minimum absolute atomic E-state index is 0.0345. The monoisotopic (exact) mass is 311 g/mol.